The van der Waals surface area contributed by atoms with Crippen LogP contribution in [0, 0.1) is 0 Å². The fourth-order valence-electron chi connectivity index (χ4n) is 3.20. The Hall–Kier alpha value is -2.56. The molecule has 1 amide bonds. The van der Waals surface area contributed by atoms with Crippen LogP contribution in [0.15, 0.2) is 53.5 Å². The molecule has 0 atom stereocenters. The Labute approximate surface area is 148 Å². The molecule has 1 aliphatic rings. The lowest BCUT2D eigenvalue weighted by molar-refractivity contribution is -0.116. The summed E-state index contributed by atoms with van der Waals surface area (Å²) in [7, 11) is 0. The number of nitrogens with zero attached hydrogens (tertiary/aromatic N) is 2. The summed E-state index contributed by atoms with van der Waals surface area (Å²) < 4.78 is 1.55. The number of pyridine rings is 1. The van der Waals surface area contributed by atoms with Crippen molar-refractivity contribution in [2.45, 2.75) is 38.6 Å². The standard InChI is InChI=1S/C20H25N3O2/c24-19(11-15-23-14-6-3-10-20(23)25)21-17-8-7-9-18(16-17)22-12-4-1-2-5-13-22/h3,6-10,14,16H,1-2,4-5,11-13,15H2,(H,21,24). The van der Waals surface area contributed by atoms with Crippen molar-refractivity contribution in [3.05, 3.63) is 59.0 Å². The molecule has 1 fully saturated rings. The third-order valence-electron chi connectivity index (χ3n) is 4.58. The van der Waals surface area contributed by atoms with Crippen molar-refractivity contribution in [3.63, 3.8) is 0 Å². The van der Waals surface area contributed by atoms with Crippen molar-refractivity contribution in [2.24, 2.45) is 0 Å². The number of aromatic nitrogens is 1. The van der Waals surface area contributed by atoms with Crippen LogP contribution in [0.3, 0.4) is 0 Å². The van der Waals surface area contributed by atoms with E-state index in [0.717, 1.165) is 18.8 Å². The zero-order valence-electron chi connectivity index (χ0n) is 14.5. The van der Waals surface area contributed by atoms with Gasteiger partial charge in [-0.15, -0.1) is 0 Å². The zero-order valence-corrected chi connectivity index (χ0v) is 14.5. The maximum atomic E-state index is 12.2. The number of rotatable bonds is 5. The Bertz CT molecular complexity index is 761. The maximum Gasteiger partial charge on any atom is 0.250 e. The third kappa shape index (κ3) is 4.95. The predicted molar refractivity (Wildman–Crippen MR) is 101 cm³/mol. The number of anilines is 2. The number of amides is 1. The first kappa shape index (κ1) is 17.3. The Morgan fingerprint density at radius 2 is 1.80 bits per heavy atom. The van der Waals surface area contributed by atoms with E-state index in [2.05, 4.69) is 16.3 Å². The molecule has 25 heavy (non-hydrogen) atoms. The van der Waals surface area contributed by atoms with Crippen LogP contribution < -0.4 is 15.8 Å². The third-order valence-corrected chi connectivity index (χ3v) is 4.58. The van der Waals surface area contributed by atoms with Gasteiger partial charge in [0.25, 0.3) is 5.56 Å². The van der Waals surface area contributed by atoms with Gasteiger partial charge in [0.05, 0.1) is 0 Å². The minimum Gasteiger partial charge on any atom is -0.371 e. The first-order chi connectivity index (χ1) is 12.2. The van der Waals surface area contributed by atoms with Crippen LogP contribution in [-0.4, -0.2) is 23.6 Å². The van der Waals surface area contributed by atoms with Gasteiger partial charge in [0, 0.05) is 49.7 Å². The van der Waals surface area contributed by atoms with Crippen LogP contribution in [0.2, 0.25) is 0 Å². The molecule has 0 saturated carbocycles. The summed E-state index contributed by atoms with van der Waals surface area (Å²) in [5.41, 5.74) is 1.89. The van der Waals surface area contributed by atoms with Gasteiger partial charge in [-0.1, -0.05) is 25.0 Å². The molecule has 0 radical (unpaired) electrons. The van der Waals surface area contributed by atoms with Gasteiger partial charge >= 0.3 is 0 Å². The Balaban J connectivity index is 1.58. The largest absolute Gasteiger partial charge is 0.371 e. The highest BCUT2D eigenvalue weighted by atomic mass is 16.1. The van der Waals surface area contributed by atoms with Crippen LogP contribution in [0.4, 0.5) is 11.4 Å². The summed E-state index contributed by atoms with van der Waals surface area (Å²) in [5.74, 6) is -0.0798. The van der Waals surface area contributed by atoms with E-state index in [1.807, 2.05) is 18.2 Å². The molecule has 1 aromatic heterocycles. The van der Waals surface area contributed by atoms with Gasteiger partial charge in [0.1, 0.15) is 0 Å². The van der Waals surface area contributed by atoms with Crippen LogP contribution in [-0.2, 0) is 11.3 Å². The second-order valence-electron chi connectivity index (χ2n) is 6.48. The highest BCUT2D eigenvalue weighted by Gasteiger charge is 2.11. The van der Waals surface area contributed by atoms with Gasteiger partial charge in [-0.3, -0.25) is 9.59 Å². The predicted octanol–water partition coefficient (Wildman–Crippen LogP) is 3.26. The summed E-state index contributed by atoms with van der Waals surface area (Å²) in [6.45, 7) is 2.54. The summed E-state index contributed by atoms with van der Waals surface area (Å²) in [6, 6.07) is 13.0. The number of nitrogens with one attached hydrogen (secondary N) is 1. The fourth-order valence-corrected chi connectivity index (χ4v) is 3.20. The number of hydrogen-bond acceptors (Lipinski definition) is 3. The molecule has 0 unspecified atom stereocenters. The van der Waals surface area contributed by atoms with Gasteiger partial charge in [-0.05, 0) is 37.1 Å². The van der Waals surface area contributed by atoms with E-state index < -0.39 is 0 Å². The number of carbonyl (C=O) groups excluding carboxylic acids is 1. The molecule has 0 spiro atoms. The maximum absolute atomic E-state index is 12.2. The second kappa shape index (κ2) is 8.51. The number of benzene rings is 1. The SMILES string of the molecule is O=C(CCn1ccccc1=O)Nc1cccc(N2CCCCCC2)c1. The van der Waals surface area contributed by atoms with Gasteiger partial charge in [-0.25, -0.2) is 0 Å². The van der Waals surface area contributed by atoms with Gasteiger partial charge < -0.3 is 14.8 Å². The Kier molecular flexibility index (Phi) is 5.88. The monoisotopic (exact) mass is 339 g/mol. The minimum absolute atomic E-state index is 0.0798. The lowest BCUT2D eigenvalue weighted by Crippen LogP contribution is -2.24. The zero-order chi connectivity index (χ0) is 17.5. The topological polar surface area (TPSA) is 54.3 Å². The molecule has 1 aromatic carbocycles. The highest BCUT2D eigenvalue weighted by Crippen LogP contribution is 2.22. The first-order valence-electron chi connectivity index (χ1n) is 9.03. The van der Waals surface area contributed by atoms with E-state index >= 15 is 0 Å². The molecular weight excluding hydrogens is 314 g/mol. The average molecular weight is 339 g/mol. The first-order valence-corrected chi connectivity index (χ1v) is 9.03. The number of carbonyl (C=O) groups is 1. The van der Waals surface area contributed by atoms with Crippen LogP contribution in [0.1, 0.15) is 32.1 Å². The Morgan fingerprint density at radius 1 is 1.00 bits per heavy atom. The van der Waals surface area contributed by atoms with Crippen molar-refractivity contribution < 1.29 is 4.79 Å². The van der Waals surface area contributed by atoms with E-state index in [-0.39, 0.29) is 17.9 Å². The molecule has 2 aromatic rings. The number of aryl methyl sites for hydroxylation is 1. The van der Waals surface area contributed by atoms with Gasteiger partial charge in [0.15, 0.2) is 0 Å². The van der Waals surface area contributed by atoms with Crippen LogP contribution in [0.25, 0.3) is 0 Å². The summed E-state index contributed by atoms with van der Waals surface area (Å²) >= 11 is 0. The van der Waals surface area contributed by atoms with Crippen LogP contribution >= 0.6 is 0 Å². The molecule has 1 saturated heterocycles. The van der Waals surface area contributed by atoms with E-state index in [1.54, 1.807) is 22.9 Å². The molecule has 0 aliphatic carbocycles. The molecule has 1 aliphatic heterocycles. The molecule has 2 heterocycles. The smallest absolute Gasteiger partial charge is 0.250 e. The second-order valence-corrected chi connectivity index (χ2v) is 6.48. The Morgan fingerprint density at radius 3 is 2.56 bits per heavy atom. The molecule has 5 heteroatoms. The minimum atomic E-state index is -0.0848. The average Bonchev–Trinajstić information content (AvgIpc) is 2.91. The van der Waals surface area contributed by atoms with E-state index in [0.29, 0.717) is 6.54 Å². The number of hydrogen-bond donors (Lipinski definition) is 1. The summed E-state index contributed by atoms with van der Waals surface area (Å²) in [4.78, 5) is 26.3. The molecule has 0 bridgehead atoms. The normalized spacial score (nSPS) is 14.8. The van der Waals surface area contributed by atoms with Crippen molar-refractivity contribution >= 4 is 17.3 Å². The molecule has 132 valence electrons. The quantitative estimate of drug-likeness (QED) is 0.910. The molecule has 3 rings (SSSR count). The van der Waals surface area contributed by atoms with Crippen molar-refractivity contribution in [1.29, 1.82) is 0 Å². The molecule has 5 nitrogen and oxygen atoms in total. The van der Waals surface area contributed by atoms with Crippen molar-refractivity contribution in [2.75, 3.05) is 23.3 Å². The summed E-state index contributed by atoms with van der Waals surface area (Å²) in [6.07, 6.45) is 7.02. The summed E-state index contributed by atoms with van der Waals surface area (Å²) in [5, 5.41) is 2.95. The highest BCUT2D eigenvalue weighted by molar-refractivity contribution is 5.91. The van der Waals surface area contributed by atoms with Gasteiger partial charge in [0.2, 0.25) is 5.91 Å². The van der Waals surface area contributed by atoms with Gasteiger partial charge in [-0.2, -0.15) is 0 Å². The van der Waals surface area contributed by atoms with E-state index in [9.17, 15) is 9.59 Å². The van der Waals surface area contributed by atoms with E-state index in [4.69, 9.17) is 0 Å². The van der Waals surface area contributed by atoms with Crippen molar-refractivity contribution in [3.8, 4) is 0 Å². The van der Waals surface area contributed by atoms with E-state index in [1.165, 1.54) is 37.4 Å². The lowest BCUT2D eigenvalue weighted by atomic mass is 10.2. The van der Waals surface area contributed by atoms with Crippen molar-refractivity contribution in [1.82, 2.24) is 4.57 Å². The fraction of sp³-hybridized carbons (Fsp3) is 0.400. The molecule has 1 N–H and O–H groups in total. The lowest BCUT2D eigenvalue weighted by Gasteiger charge is -2.23. The molecular formula is C20H25N3O2. The van der Waals surface area contributed by atoms with Crippen LogP contribution in [0.5, 0.6) is 0 Å².